The zero-order chi connectivity index (χ0) is 21.8. The van der Waals surface area contributed by atoms with Crippen molar-refractivity contribution in [2.75, 3.05) is 13.1 Å². The van der Waals surface area contributed by atoms with Gasteiger partial charge in [0.15, 0.2) is 0 Å². The van der Waals surface area contributed by atoms with Gasteiger partial charge in [0.1, 0.15) is 18.1 Å². The van der Waals surface area contributed by atoms with E-state index in [1.165, 1.54) is 21.6 Å². The number of hydrogen-bond acceptors (Lipinski definition) is 4. The van der Waals surface area contributed by atoms with Crippen molar-refractivity contribution in [2.24, 2.45) is 0 Å². The Hall–Kier alpha value is -3.41. The summed E-state index contributed by atoms with van der Waals surface area (Å²) in [6.45, 7) is 5.51. The molecule has 31 heavy (non-hydrogen) atoms. The Labute approximate surface area is 182 Å². The van der Waals surface area contributed by atoms with Gasteiger partial charge in [-0.15, -0.1) is 0 Å². The van der Waals surface area contributed by atoms with E-state index in [0.29, 0.717) is 26.1 Å². The summed E-state index contributed by atoms with van der Waals surface area (Å²) in [5.74, 6) is 0.718. The fourth-order valence-corrected chi connectivity index (χ4v) is 3.91. The first-order chi connectivity index (χ1) is 15.0. The zero-order valence-corrected chi connectivity index (χ0v) is 18.0. The van der Waals surface area contributed by atoms with Gasteiger partial charge in [0.2, 0.25) is 0 Å². The fraction of sp³-hybridized carbons (Fsp3) is 0.320. The minimum Gasteiger partial charge on any atom is -0.485 e. The van der Waals surface area contributed by atoms with Gasteiger partial charge >= 0.3 is 6.09 Å². The summed E-state index contributed by atoms with van der Waals surface area (Å²) >= 11 is 0. The number of rotatable bonds is 5. The number of aromatic nitrogens is 2. The summed E-state index contributed by atoms with van der Waals surface area (Å²) < 4.78 is 6.14. The molecule has 0 fully saturated rings. The number of carbonyl (C=O) groups is 1. The summed E-state index contributed by atoms with van der Waals surface area (Å²) in [6, 6.07) is 14.3. The van der Waals surface area contributed by atoms with Crippen LogP contribution in [0.1, 0.15) is 35.0 Å². The maximum absolute atomic E-state index is 11.4. The highest BCUT2D eigenvalue weighted by Crippen LogP contribution is 2.31. The van der Waals surface area contributed by atoms with E-state index in [9.17, 15) is 9.90 Å². The van der Waals surface area contributed by atoms with Gasteiger partial charge in [-0.2, -0.15) is 0 Å². The summed E-state index contributed by atoms with van der Waals surface area (Å²) in [5.41, 5.74) is 7.19. The van der Waals surface area contributed by atoms with Crippen molar-refractivity contribution >= 4 is 6.09 Å². The molecule has 1 aliphatic heterocycles. The monoisotopic (exact) mass is 417 g/mol. The van der Waals surface area contributed by atoms with Gasteiger partial charge in [-0.1, -0.05) is 19.1 Å². The Balaban J connectivity index is 1.60. The minimum atomic E-state index is -0.857. The van der Waals surface area contributed by atoms with Crippen molar-refractivity contribution < 1.29 is 14.6 Å². The average molecular weight is 418 g/mol. The van der Waals surface area contributed by atoms with E-state index in [1.807, 2.05) is 31.3 Å². The molecular formula is C25H27N3O3. The third kappa shape index (κ3) is 4.85. The van der Waals surface area contributed by atoms with Crippen molar-refractivity contribution in [3.8, 4) is 17.0 Å². The quantitative estimate of drug-likeness (QED) is 0.653. The average Bonchev–Trinajstić information content (AvgIpc) is 3.00. The topological polar surface area (TPSA) is 75.6 Å². The smallest absolute Gasteiger partial charge is 0.407 e. The predicted octanol–water partition coefficient (Wildman–Crippen LogP) is 4.67. The van der Waals surface area contributed by atoms with E-state index in [-0.39, 0.29) is 0 Å². The van der Waals surface area contributed by atoms with Gasteiger partial charge in [0.05, 0.1) is 5.69 Å². The molecule has 0 radical (unpaired) electrons. The molecule has 6 heteroatoms. The fourth-order valence-electron chi connectivity index (χ4n) is 3.91. The van der Waals surface area contributed by atoms with Crippen LogP contribution in [0.4, 0.5) is 4.79 Å². The molecule has 160 valence electrons. The highest BCUT2D eigenvalue weighted by Gasteiger charge is 2.19. The number of fused-ring (bicyclic) bond motifs is 1. The lowest BCUT2D eigenvalue weighted by Gasteiger charge is -2.15. The molecular weight excluding hydrogens is 390 g/mol. The Bertz CT molecular complexity index is 1100. The molecule has 0 unspecified atom stereocenters. The van der Waals surface area contributed by atoms with Crippen molar-refractivity contribution in [2.45, 2.75) is 39.7 Å². The van der Waals surface area contributed by atoms with Crippen LogP contribution in [-0.2, 0) is 25.9 Å². The maximum Gasteiger partial charge on any atom is 0.407 e. The largest absolute Gasteiger partial charge is 0.485 e. The number of amides is 1. The third-order valence-corrected chi connectivity index (χ3v) is 5.71. The summed E-state index contributed by atoms with van der Waals surface area (Å²) in [7, 11) is 0. The molecule has 3 aromatic rings. The summed E-state index contributed by atoms with van der Waals surface area (Å²) in [6.07, 6.45) is 3.35. The van der Waals surface area contributed by atoms with Gasteiger partial charge in [0, 0.05) is 30.5 Å². The Morgan fingerprint density at radius 1 is 1.10 bits per heavy atom. The summed E-state index contributed by atoms with van der Waals surface area (Å²) in [4.78, 5) is 22.0. The molecule has 1 N–H and O–H groups in total. The molecule has 0 aliphatic carbocycles. The highest BCUT2D eigenvalue weighted by molar-refractivity contribution is 5.68. The first kappa shape index (κ1) is 20.8. The lowest BCUT2D eigenvalue weighted by Crippen LogP contribution is -2.31. The van der Waals surface area contributed by atoms with Gasteiger partial charge in [-0.05, 0) is 73.2 Å². The second kappa shape index (κ2) is 9.16. The van der Waals surface area contributed by atoms with Crippen LogP contribution in [0, 0.1) is 6.92 Å². The second-order valence-corrected chi connectivity index (χ2v) is 7.85. The molecule has 4 rings (SSSR count). The Kier molecular flexibility index (Phi) is 6.16. The number of nitrogens with zero attached hydrogens (tertiary/aromatic N) is 3. The molecule has 0 atom stereocenters. The van der Waals surface area contributed by atoms with Crippen LogP contribution in [0.2, 0.25) is 0 Å². The number of hydrogen-bond donors (Lipinski definition) is 1. The zero-order valence-electron chi connectivity index (χ0n) is 18.0. The maximum atomic E-state index is 11.4. The van der Waals surface area contributed by atoms with Crippen LogP contribution in [-0.4, -0.2) is 39.2 Å². The third-order valence-electron chi connectivity index (χ3n) is 5.71. The number of aryl methyl sites for hydroxylation is 2. The molecule has 0 saturated heterocycles. The van der Waals surface area contributed by atoms with E-state index in [4.69, 9.17) is 9.72 Å². The lowest BCUT2D eigenvalue weighted by molar-refractivity contribution is 0.147. The molecule has 0 saturated carbocycles. The first-order valence-corrected chi connectivity index (χ1v) is 10.7. The molecule has 1 amide bonds. The predicted molar refractivity (Wildman–Crippen MR) is 119 cm³/mol. The van der Waals surface area contributed by atoms with Crippen LogP contribution in [0.25, 0.3) is 11.3 Å². The van der Waals surface area contributed by atoms with Crippen molar-refractivity contribution in [1.29, 1.82) is 0 Å². The van der Waals surface area contributed by atoms with Gasteiger partial charge in [-0.25, -0.2) is 9.78 Å². The standard InChI is InChI=1S/C25H27N3O3/c1-3-18-8-11-26-22(14-18)16-31-23-7-4-17(2)27-24(23)21-6-5-19-9-12-28(25(29)30)13-10-20(19)15-21/h4-8,11,14-15H,3,9-10,12-13,16H2,1-2H3,(H,29,30). The first-order valence-electron chi connectivity index (χ1n) is 10.7. The Morgan fingerprint density at radius 3 is 2.68 bits per heavy atom. The van der Waals surface area contributed by atoms with E-state index < -0.39 is 6.09 Å². The van der Waals surface area contributed by atoms with Crippen molar-refractivity contribution in [1.82, 2.24) is 14.9 Å². The molecule has 0 bridgehead atoms. The van der Waals surface area contributed by atoms with Crippen molar-refractivity contribution in [3.05, 3.63) is 76.7 Å². The summed E-state index contributed by atoms with van der Waals surface area (Å²) in [5, 5.41) is 9.32. The SMILES string of the molecule is CCc1ccnc(COc2ccc(C)nc2-c2ccc3c(c2)CCN(C(=O)O)CC3)c1. The van der Waals surface area contributed by atoms with Gasteiger partial charge < -0.3 is 14.7 Å². The minimum absolute atomic E-state index is 0.379. The normalized spacial score (nSPS) is 13.4. The van der Waals surface area contributed by atoms with Crippen LogP contribution >= 0.6 is 0 Å². The van der Waals surface area contributed by atoms with Crippen LogP contribution in [0.15, 0.2) is 48.7 Å². The van der Waals surface area contributed by atoms with E-state index >= 15 is 0 Å². The van der Waals surface area contributed by atoms with E-state index in [2.05, 4.69) is 36.2 Å². The molecule has 3 heterocycles. The number of carboxylic acid groups (broad SMARTS) is 1. The van der Waals surface area contributed by atoms with Crippen LogP contribution in [0.3, 0.4) is 0 Å². The number of ether oxygens (including phenoxy) is 1. The van der Waals surface area contributed by atoms with E-state index in [1.54, 1.807) is 0 Å². The van der Waals surface area contributed by atoms with Crippen LogP contribution in [0.5, 0.6) is 5.75 Å². The van der Waals surface area contributed by atoms with Crippen LogP contribution < -0.4 is 4.74 Å². The molecule has 2 aromatic heterocycles. The lowest BCUT2D eigenvalue weighted by atomic mass is 9.98. The van der Waals surface area contributed by atoms with Gasteiger partial charge in [0.25, 0.3) is 0 Å². The number of pyridine rings is 2. The Morgan fingerprint density at radius 2 is 1.90 bits per heavy atom. The number of benzene rings is 1. The molecule has 1 aliphatic rings. The van der Waals surface area contributed by atoms with Crippen molar-refractivity contribution in [3.63, 3.8) is 0 Å². The molecule has 6 nitrogen and oxygen atoms in total. The molecule has 0 spiro atoms. The van der Waals surface area contributed by atoms with E-state index in [0.717, 1.165) is 41.2 Å². The molecule has 1 aromatic carbocycles. The highest BCUT2D eigenvalue weighted by atomic mass is 16.5. The van der Waals surface area contributed by atoms with Gasteiger partial charge in [-0.3, -0.25) is 4.98 Å². The second-order valence-electron chi connectivity index (χ2n) is 7.85.